The van der Waals surface area contributed by atoms with Gasteiger partial charge in [-0.15, -0.1) is 4.79 Å². The van der Waals surface area contributed by atoms with Crippen molar-refractivity contribution in [1.82, 2.24) is 0 Å². The van der Waals surface area contributed by atoms with Crippen molar-refractivity contribution >= 4 is 24.1 Å². The van der Waals surface area contributed by atoms with E-state index >= 15 is 0 Å². The number of benzene rings is 2. The van der Waals surface area contributed by atoms with Gasteiger partial charge in [-0.05, 0) is 50.5 Å². The summed E-state index contributed by atoms with van der Waals surface area (Å²) in [7, 11) is -9.06. The Hall–Kier alpha value is -2.28. The molecule has 8 heteroatoms. The lowest BCUT2D eigenvalue weighted by molar-refractivity contribution is 0.00379. The van der Waals surface area contributed by atoms with Gasteiger partial charge in [-0.2, -0.15) is 0 Å². The van der Waals surface area contributed by atoms with Gasteiger partial charge < -0.3 is 5.53 Å². The Balaban J connectivity index is 2.79. The van der Waals surface area contributed by atoms with Crippen molar-refractivity contribution < 1.29 is 21.6 Å². The van der Waals surface area contributed by atoms with Crippen molar-refractivity contribution in [1.29, 1.82) is 0 Å². The molecule has 0 bridgehead atoms. The summed E-state index contributed by atoms with van der Waals surface area (Å²) in [6.07, 6.45) is 0. The maximum absolute atomic E-state index is 13.0. The Morgan fingerprint density at radius 1 is 0.840 bits per heavy atom. The van der Waals surface area contributed by atoms with Gasteiger partial charge in [0.2, 0.25) is 0 Å². The predicted molar refractivity (Wildman–Crippen MR) is 94.8 cm³/mol. The monoisotopic (exact) mass is 378 g/mol. The van der Waals surface area contributed by atoms with Crippen LogP contribution in [0.3, 0.4) is 0 Å². The zero-order valence-corrected chi connectivity index (χ0v) is 15.9. The Morgan fingerprint density at radius 3 is 1.84 bits per heavy atom. The highest BCUT2D eigenvalue weighted by molar-refractivity contribution is 8.31. The molecule has 0 saturated carbocycles. The van der Waals surface area contributed by atoms with E-state index in [4.69, 9.17) is 0 Å². The molecular formula is C17H18N2O4S2. The zero-order chi connectivity index (χ0) is 19.0. The molecule has 0 aliphatic heterocycles. The molecule has 0 aromatic heterocycles. The molecular weight excluding hydrogens is 360 g/mol. The second kappa shape index (κ2) is 6.55. The number of hydrogen-bond donors (Lipinski definition) is 0. The van der Waals surface area contributed by atoms with Crippen molar-refractivity contribution in [3.8, 4) is 0 Å². The molecule has 0 atom stereocenters. The van der Waals surface area contributed by atoms with Gasteiger partial charge in [-0.25, -0.2) is 16.8 Å². The van der Waals surface area contributed by atoms with Crippen LogP contribution in [-0.2, 0) is 19.7 Å². The molecule has 2 aromatic rings. The molecule has 0 amide bonds. The maximum atomic E-state index is 13.0. The summed E-state index contributed by atoms with van der Waals surface area (Å²) >= 11 is 0. The van der Waals surface area contributed by atoms with E-state index < -0.39 is 24.1 Å². The molecule has 25 heavy (non-hydrogen) atoms. The smallest absolute Gasteiger partial charge is 0.359 e. The van der Waals surface area contributed by atoms with Crippen LogP contribution in [-0.4, -0.2) is 26.0 Å². The quantitative estimate of drug-likeness (QED) is 0.347. The van der Waals surface area contributed by atoms with Gasteiger partial charge in [-0.3, -0.25) is 0 Å². The van der Waals surface area contributed by atoms with Crippen molar-refractivity contribution in [2.45, 2.75) is 37.5 Å². The molecule has 0 unspecified atom stereocenters. The molecule has 0 spiro atoms. The van der Waals surface area contributed by atoms with Crippen molar-refractivity contribution in [3.63, 3.8) is 0 Å². The summed E-state index contributed by atoms with van der Waals surface area (Å²) in [4.78, 5) is 2.29. The summed E-state index contributed by atoms with van der Waals surface area (Å²) < 4.78 is 50.3. The summed E-state index contributed by atoms with van der Waals surface area (Å²) in [5, 5.41) is 0. The van der Waals surface area contributed by atoms with Crippen LogP contribution >= 0.6 is 0 Å². The average Bonchev–Trinajstić information content (AvgIpc) is 2.45. The molecule has 0 N–H and O–H groups in total. The Morgan fingerprint density at radius 2 is 1.36 bits per heavy atom. The van der Waals surface area contributed by atoms with E-state index in [-0.39, 0.29) is 9.79 Å². The number of hydrogen-bond acceptors (Lipinski definition) is 4. The molecule has 2 aromatic carbocycles. The van der Waals surface area contributed by atoms with Gasteiger partial charge in [-0.1, -0.05) is 35.9 Å². The second-order valence-electron chi connectivity index (χ2n) is 5.87. The van der Waals surface area contributed by atoms with E-state index in [1.165, 1.54) is 25.1 Å². The summed E-state index contributed by atoms with van der Waals surface area (Å²) in [5.41, 5.74) is 11.3. The van der Waals surface area contributed by atoms with Crippen LogP contribution in [0.25, 0.3) is 5.53 Å². The molecule has 6 nitrogen and oxygen atoms in total. The van der Waals surface area contributed by atoms with Crippen LogP contribution in [0, 0.1) is 27.7 Å². The third-order valence-electron chi connectivity index (χ3n) is 3.80. The third kappa shape index (κ3) is 3.28. The lowest BCUT2D eigenvalue weighted by Gasteiger charge is -2.10. The van der Waals surface area contributed by atoms with E-state index in [1.54, 1.807) is 32.0 Å². The maximum Gasteiger partial charge on any atom is 0.504 e. The van der Waals surface area contributed by atoms with E-state index in [9.17, 15) is 22.4 Å². The Bertz CT molecular complexity index is 1090. The average molecular weight is 378 g/mol. The molecule has 2 rings (SSSR count). The number of aryl methyl sites for hydroxylation is 4. The highest BCUT2D eigenvalue weighted by Crippen LogP contribution is 2.27. The van der Waals surface area contributed by atoms with Gasteiger partial charge >= 0.3 is 4.38 Å². The summed E-state index contributed by atoms with van der Waals surface area (Å²) in [5.74, 6) is 0. The first-order valence-corrected chi connectivity index (χ1v) is 10.4. The van der Waals surface area contributed by atoms with Crippen molar-refractivity contribution in [2.75, 3.05) is 0 Å². The minimum absolute atomic E-state index is 0.164. The Kier molecular flexibility index (Phi) is 4.99. The van der Waals surface area contributed by atoms with E-state index in [1.807, 2.05) is 6.92 Å². The number of nitrogens with zero attached hydrogens (tertiary/aromatic N) is 2. The minimum Gasteiger partial charge on any atom is -0.359 e. The minimum atomic E-state index is -4.54. The Labute approximate surface area is 147 Å². The standard InChI is InChI=1S/C17H18N2O4S2/c1-11-9-13(3)16(14(4)10-11)25(22,23)17(19-18)24(20,21)15-8-6-5-7-12(15)2/h5-10H,1-4H3. The van der Waals surface area contributed by atoms with Crippen molar-refractivity contribution in [2.24, 2.45) is 0 Å². The molecule has 0 aliphatic rings. The first-order chi connectivity index (χ1) is 11.5. The van der Waals surface area contributed by atoms with Crippen LogP contribution in [0.1, 0.15) is 22.3 Å². The largest absolute Gasteiger partial charge is 0.504 e. The number of rotatable bonds is 2. The second-order valence-corrected chi connectivity index (χ2v) is 9.76. The zero-order valence-electron chi connectivity index (χ0n) is 14.3. The van der Waals surface area contributed by atoms with Crippen LogP contribution in [0.4, 0.5) is 0 Å². The normalized spacial score (nSPS) is 11.8. The first kappa shape index (κ1) is 19.1. The summed E-state index contributed by atoms with van der Waals surface area (Å²) in [6, 6.07) is 9.19. The molecule has 0 saturated heterocycles. The van der Waals surface area contributed by atoms with Gasteiger partial charge in [0.1, 0.15) is 0 Å². The number of sulfone groups is 2. The van der Waals surface area contributed by atoms with Crippen molar-refractivity contribution in [3.05, 3.63) is 64.2 Å². The van der Waals surface area contributed by atoms with Gasteiger partial charge in [0, 0.05) is 0 Å². The lowest BCUT2D eigenvalue weighted by atomic mass is 10.1. The fourth-order valence-electron chi connectivity index (χ4n) is 2.88. The lowest BCUT2D eigenvalue weighted by Crippen LogP contribution is -2.28. The van der Waals surface area contributed by atoms with Crippen LogP contribution in [0.15, 0.2) is 46.2 Å². The highest BCUT2D eigenvalue weighted by atomic mass is 32.3. The van der Waals surface area contributed by atoms with Gasteiger partial charge in [0.15, 0.2) is 0 Å². The van der Waals surface area contributed by atoms with E-state index in [0.29, 0.717) is 16.7 Å². The predicted octanol–water partition coefficient (Wildman–Crippen LogP) is 2.75. The molecule has 0 aliphatic carbocycles. The fraction of sp³-hybridized carbons (Fsp3) is 0.235. The first-order valence-electron chi connectivity index (χ1n) is 7.39. The molecule has 132 valence electrons. The molecule has 0 radical (unpaired) electrons. The van der Waals surface area contributed by atoms with Gasteiger partial charge in [0.05, 0.1) is 9.79 Å². The van der Waals surface area contributed by atoms with Crippen LogP contribution < -0.4 is 0 Å². The van der Waals surface area contributed by atoms with E-state index in [2.05, 4.69) is 4.79 Å². The molecule has 0 fully saturated rings. The topological polar surface area (TPSA) is 105 Å². The highest BCUT2D eigenvalue weighted by Gasteiger charge is 2.45. The third-order valence-corrected chi connectivity index (χ3v) is 8.42. The molecule has 0 heterocycles. The van der Waals surface area contributed by atoms with Gasteiger partial charge in [0.25, 0.3) is 19.7 Å². The summed E-state index contributed by atoms with van der Waals surface area (Å²) in [6.45, 7) is 6.49. The fourth-order valence-corrected chi connectivity index (χ4v) is 6.85. The van der Waals surface area contributed by atoms with E-state index in [0.717, 1.165) is 5.56 Å². The SMILES string of the molecule is Cc1cc(C)c(S(=O)(=O)C(=[N+]=[N-])S(=O)(=O)c2ccccc2C)c(C)c1. The van der Waals surface area contributed by atoms with Crippen LogP contribution in [0.5, 0.6) is 0 Å². The van der Waals surface area contributed by atoms with Crippen LogP contribution in [0.2, 0.25) is 0 Å².